The number of quaternary nitrogens is 1. The molecule has 3 rings (SSSR count). The Balaban J connectivity index is 1.91. The zero-order chi connectivity index (χ0) is 16.6. The van der Waals surface area contributed by atoms with Crippen LogP contribution in [0.15, 0.2) is 10.5 Å². The highest BCUT2D eigenvalue weighted by atomic mass is 16.5. The van der Waals surface area contributed by atoms with Gasteiger partial charge in [-0.25, -0.2) is 4.79 Å². The number of aryl methyl sites for hydroxylation is 2. The Bertz CT molecular complexity index is 710. The highest BCUT2D eigenvalue weighted by Gasteiger charge is 2.25. The molecule has 0 amide bonds. The first-order chi connectivity index (χ1) is 11.0. The number of fused-ring (bicyclic) bond motifs is 1. The number of esters is 1. The number of hydrogen-bond donors (Lipinski definition) is 2. The third kappa shape index (κ3) is 3.01. The van der Waals surface area contributed by atoms with E-state index in [9.17, 15) is 9.90 Å². The van der Waals surface area contributed by atoms with Gasteiger partial charge in [0.25, 0.3) is 0 Å². The highest BCUT2D eigenvalue weighted by Crippen LogP contribution is 2.29. The lowest BCUT2D eigenvalue weighted by molar-refractivity contribution is -0.890. The molecule has 2 aromatic heterocycles. The number of carbonyl (C=O) groups is 1. The lowest BCUT2D eigenvalue weighted by Crippen LogP contribution is -3.11. The maximum absolute atomic E-state index is 12.1. The van der Waals surface area contributed by atoms with Gasteiger partial charge >= 0.3 is 5.97 Å². The Kier molecular flexibility index (Phi) is 4.46. The molecular formula is C17H25N2O4+. The second kappa shape index (κ2) is 6.37. The van der Waals surface area contributed by atoms with Crippen molar-refractivity contribution in [3.63, 3.8) is 0 Å². The van der Waals surface area contributed by atoms with Gasteiger partial charge in [-0.15, -0.1) is 0 Å². The molecule has 2 N–H and O–H groups in total. The summed E-state index contributed by atoms with van der Waals surface area (Å²) in [5, 5.41) is 10.5. The average Bonchev–Trinajstić information content (AvgIpc) is 3.19. The zero-order valence-electron chi connectivity index (χ0n) is 14.0. The number of methoxy groups -OCH3 is 1. The van der Waals surface area contributed by atoms with Crippen LogP contribution >= 0.6 is 0 Å². The van der Waals surface area contributed by atoms with Gasteiger partial charge in [-0.3, -0.25) is 0 Å². The van der Waals surface area contributed by atoms with Gasteiger partial charge in [0.2, 0.25) is 0 Å². The van der Waals surface area contributed by atoms with Crippen molar-refractivity contribution < 1.29 is 24.0 Å². The highest BCUT2D eigenvalue weighted by molar-refractivity contribution is 5.95. The van der Waals surface area contributed by atoms with Crippen molar-refractivity contribution in [2.45, 2.75) is 39.3 Å². The SMILES string of the molecule is COC(=O)c1cc2oc(C)c(C)c2n1CC(O)C[NH+]1CCCC1. The summed E-state index contributed by atoms with van der Waals surface area (Å²) in [6.45, 7) is 7.18. The predicted molar refractivity (Wildman–Crippen MR) is 85.8 cm³/mol. The van der Waals surface area contributed by atoms with Crippen molar-refractivity contribution in [1.82, 2.24) is 4.57 Å². The molecule has 1 saturated heterocycles. The van der Waals surface area contributed by atoms with Crippen molar-refractivity contribution in [2.75, 3.05) is 26.7 Å². The summed E-state index contributed by atoms with van der Waals surface area (Å²) in [6, 6.07) is 1.70. The molecule has 1 unspecified atom stereocenters. The van der Waals surface area contributed by atoms with Crippen molar-refractivity contribution >= 4 is 17.1 Å². The number of carbonyl (C=O) groups excluding carboxylic acids is 1. The number of nitrogens with one attached hydrogen (secondary N) is 1. The molecule has 1 fully saturated rings. The Morgan fingerprint density at radius 1 is 1.43 bits per heavy atom. The molecule has 3 heterocycles. The van der Waals surface area contributed by atoms with Crippen LogP contribution in [0, 0.1) is 13.8 Å². The maximum Gasteiger partial charge on any atom is 0.354 e. The van der Waals surface area contributed by atoms with Crippen LogP contribution in [0.4, 0.5) is 0 Å². The molecule has 0 aromatic carbocycles. The summed E-state index contributed by atoms with van der Waals surface area (Å²) in [5.41, 5.74) is 2.97. The third-order valence-corrected chi connectivity index (χ3v) is 4.83. The van der Waals surface area contributed by atoms with E-state index in [1.54, 1.807) is 6.07 Å². The van der Waals surface area contributed by atoms with Crippen molar-refractivity contribution in [3.8, 4) is 0 Å². The molecule has 6 heteroatoms. The fourth-order valence-electron chi connectivity index (χ4n) is 3.55. The van der Waals surface area contributed by atoms with E-state index in [1.807, 2.05) is 18.4 Å². The standard InChI is InChI=1S/C17H24N2O4/c1-11-12(2)23-15-8-14(17(21)22-3)19(16(11)15)10-13(20)9-18-6-4-5-7-18/h8,13,20H,4-7,9-10H2,1-3H3/p+1. The summed E-state index contributed by atoms with van der Waals surface area (Å²) >= 11 is 0. The molecule has 0 aliphatic carbocycles. The molecule has 23 heavy (non-hydrogen) atoms. The number of likely N-dealkylation sites (tertiary alicyclic amines) is 1. The number of ether oxygens (including phenoxy) is 1. The molecule has 0 radical (unpaired) electrons. The van der Waals surface area contributed by atoms with E-state index in [1.165, 1.54) is 24.9 Å². The van der Waals surface area contributed by atoms with Crippen LogP contribution < -0.4 is 4.90 Å². The van der Waals surface area contributed by atoms with Gasteiger partial charge in [-0.2, -0.15) is 0 Å². The fourth-order valence-corrected chi connectivity index (χ4v) is 3.55. The molecule has 0 saturated carbocycles. The molecular weight excluding hydrogens is 296 g/mol. The van der Waals surface area contributed by atoms with E-state index in [-0.39, 0.29) is 0 Å². The predicted octanol–water partition coefficient (Wildman–Crippen LogP) is 0.677. The van der Waals surface area contributed by atoms with E-state index in [2.05, 4.69) is 0 Å². The minimum atomic E-state index is -0.503. The summed E-state index contributed by atoms with van der Waals surface area (Å²) in [6.07, 6.45) is 1.95. The summed E-state index contributed by atoms with van der Waals surface area (Å²) < 4.78 is 12.4. The van der Waals surface area contributed by atoms with Gasteiger partial charge in [-0.1, -0.05) is 0 Å². The van der Waals surface area contributed by atoms with Crippen LogP contribution in [0.3, 0.4) is 0 Å². The summed E-state index contributed by atoms with van der Waals surface area (Å²) in [5.74, 6) is 0.425. The second-order valence-electron chi connectivity index (χ2n) is 6.44. The number of nitrogens with zero attached hydrogens (tertiary/aromatic N) is 1. The van der Waals surface area contributed by atoms with E-state index in [0.29, 0.717) is 24.4 Å². The molecule has 1 aliphatic heterocycles. The average molecular weight is 321 g/mol. The van der Waals surface area contributed by atoms with Gasteiger partial charge in [-0.05, 0) is 13.8 Å². The van der Waals surface area contributed by atoms with Crippen LogP contribution in [0.25, 0.3) is 11.1 Å². The van der Waals surface area contributed by atoms with Crippen molar-refractivity contribution in [2.24, 2.45) is 0 Å². The Hall–Kier alpha value is -1.79. The Labute approximate surface area is 135 Å². The number of rotatable bonds is 5. The normalized spacial score (nSPS) is 17.0. The van der Waals surface area contributed by atoms with Gasteiger partial charge in [0.1, 0.15) is 24.1 Å². The number of aliphatic hydroxyl groups is 1. The van der Waals surface area contributed by atoms with Crippen molar-refractivity contribution in [1.29, 1.82) is 0 Å². The lowest BCUT2D eigenvalue weighted by Gasteiger charge is -2.18. The van der Waals surface area contributed by atoms with E-state index in [4.69, 9.17) is 9.15 Å². The Morgan fingerprint density at radius 3 is 2.78 bits per heavy atom. The fraction of sp³-hybridized carbons (Fsp3) is 0.588. The molecule has 1 aliphatic rings. The van der Waals surface area contributed by atoms with Gasteiger partial charge < -0.3 is 23.7 Å². The zero-order valence-corrected chi connectivity index (χ0v) is 14.0. The molecule has 1 atom stereocenters. The largest absolute Gasteiger partial charge is 0.464 e. The minimum absolute atomic E-state index is 0.372. The number of aliphatic hydroxyl groups excluding tert-OH is 1. The van der Waals surface area contributed by atoms with Gasteiger partial charge in [0, 0.05) is 24.5 Å². The van der Waals surface area contributed by atoms with Gasteiger partial charge in [0.15, 0.2) is 5.58 Å². The minimum Gasteiger partial charge on any atom is -0.464 e. The monoisotopic (exact) mass is 321 g/mol. The number of hydrogen-bond acceptors (Lipinski definition) is 4. The summed E-state index contributed by atoms with van der Waals surface area (Å²) in [7, 11) is 1.37. The topological polar surface area (TPSA) is 69.0 Å². The third-order valence-electron chi connectivity index (χ3n) is 4.83. The number of furan rings is 1. The maximum atomic E-state index is 12.1. The molecule has 2 aromatic rings. The first-order valence-corrected chi connectivity index (χ1v) is 8.20. The molecule has 0 bridgehead atoms. The van der Waals surface area contributed by atoms with Crippen LogP contribution in [-0.4, -0.2) is 48.5 Å². The van der Waals surface area contributed by atoms with Crippen LogP contribution in [-0.2, 0) is 11.3 Å². The van der Waals surface area contributed by atoms with Crippen LogP contribution in [0.5, 0.6) is 0 Å². The smallest absolute Gasteiger partial charge is 0.354 e. The van der Waals surface area contributed by atoms with Crippen LogP contribution in [0.1, 0.15) is 34.7 Å². The first kappa shape index (κ1) is 16.1. The summed E-state index contributed by atoms with van der Waals surface area (Å²) in [4.78, 5) is 13.5. The Morgan fingerprint density at radius 2 is 2.13 bits per heavy atom. The van der Waals surface area contributed by atoms with Crippen molar-refractivity contribution in [3.05, 3.63) is 23.1 Å². The van der Waals surface area contributed by atoms with E-state index < -0.39 is 12.1 Å². The van der Waals surface area contributed by atoms with Crippen LogP contribution in [0.2, 0.25) is 0 Å². The molecule has 126 valence electrons. The van der Waals surface area contributed by atoms with E-state index in [0.717, 1.165) is 29.9 Å². The number of aromatic nitrogens is 1. The first-order valence-electron chi connectivity index (χ1n) is 8.20. The molecule has 6 nitrogen and oxygen atoms in total. The second-order valence-corrected chi connectivity index (χ2v) is 6.44. The lowest BCUT2D eigenvalue weighted by atomic mass is 10.2. The van der Waals surface area contributed by atoms with E-state index >= 15 is 0 Å². The van der Waals surface area contributed by atoms with Gasteiger partial charge in [0.05, 0.1) is 32.3 Å². The quantitative estimate of drug-likeness (QED) is 0.795. The molecule has 0 spiro atoms.